The van der Waals surface area contributed by atoms with Gasteiger partial charge in [-0.3, -0.25) is 9.59 Å². The fourth-order valence-electron chi connectivity index (χ4n) is 5.27. The Labute approximate surface area is 283 Å². The van der Waals surface area contributed by atoms with Gasteiger partial charge in [-0.05, 0) is 75.1 Å². The molecule has 8 nitrogen and oxygen atoms in total. The Hall–Kier alpha value is -4.48. The van der Waals surface area contributed by atoms with E-state index in [1.54, 1.807) is 69.3 Å². The number of benzene rings is 3. The number of aryl methyl sites for hydroxylation is 1. The number of aromatic hydroxyl groups is 1. The monoisotopic (exact) mass is 659 g/mol. The summed E-state index contributed by atoms with van der Waals surface area (Å²) < 4.78 is 5.53. The summed E-state index contributed by atoms with van der Waals surface area (Å²) in [7, 11) is 0. The molecule has 3 amide bonds. The molecule has 3 rings (SSSR count). The highest BCUT2D eigenvalue weighted by Crippen LogP contribution is 2.31. The Morgan fingerprint density at radius 1 is 0.979 bits per heavy atom. The Kier molecular flexibility index (Phi) is 13.7. The molecule has 0 aliphatic heterocycles. The number of nitrogens with zero attached hydrogens (tertiary/aromatic N) is 1. The maximum absolute atomic E-state index is 14.8. The van der Waals surface area contributed by atoms with E-state index in [0.717, 1.165) is 31.2 Å². The standard InChI is InChI=1S/C38H46ClN3O5/c1-7-9-10-11-14-24-42(36(45)32(40-37(46)47-38(4,5)6)25-27-20-22-29(43)23-21-27)34(30-18-13-12-17-28(30)8-2)35(44)41-33-26(3)16-15-19-31(33)39/h2,12-13,15-23,32,34,43H,7,9-11,14,24-25H2,1,3-6H3,(H,40,46)(H,41,44). The first-order valence-electron chi connectivity index (χ1n) is 16.0. The molecule has 3 N–H and O–H groups in total. The van der Waals surface area contributed by atoms with Crippen LogP contribution >= 0.6 is 11.6 Å². The first-order chi connectivity index (χ1) is 22.3. The topological polar surface area (TPSA) is 108 Å². The molecule has 0 heterocycles. The smallest absolute Gasteiger partial charge is 0.408 e. The Bertz CT molecular complexity index is 1540. The number of halogens is 1. The van der Waals surface area contributed by atoms with E-state index < -0.39 is 35.6 Å². The van der Waals surface area contributed by atoms with Gasteiger partial charge in [-0.25, -0.2) is 4.79 Å². The number of amides is 3. The van der Waals surface area contributed by atoms with E-state index in [1.807, 2.05) is 13.0 Å². The number of carbonyl (C=O) groups excluding carboxylic acids is 3. The second-order valence-corrected chi connectivity index (χ2v) is 13.0. The molecule has 0 fully saturated rings. The third-order valence-electron chi connectivity index (χ3n) is 7.59. The van der Waals surface area contributed by atoms with E-state index in [1.165, 1.54) is 17.0 Å². The molecular formula is C38H46ClN3O5. The number of phenols is 1. The zero-order chi connectivity index (χ0) is 34.6. The van der Waals surface area contributed by atoms with Crippen molar-refractivity contribution in [3.05, 3.63) is 94.0 Å². The van der Waals surface area contributed by atoms with Crippen LogP contribution in [0.15, 0.2) is 66.7 Å². The molecule has 0 bridgehead atoms. The van der Waals surface area contributed by atoms with Crippen LogP contribution in [0.25, 0.3) is 0 Å². The second-order valence-electron chi connectivity index (χ2n) is 12.6. The maximum atomic E-state index is 14.8. The average Bonchev–Trinajstić information content (AvgIpc) is 3.01. The van der Waals surface area contributed by atoms with Gasteiger partial charge < -0.3 is 25.4 Å². The normalized spacial score (nSPS) is 12.4. The minimum absolute atomic E-state index is 0.0722. The van der Waals surface area contributed by atoms with Crippen molar-refractivity contribution < 1.29 is 24.2 Å². The van der Waals surface area contributed by atoms with E-state index in [9.17, 15) is 19.5 Å². The van der Waals surface area contributed by atoms with Crippen LogP contribution in [0.2, 0.25) is 5.02 Å². The fourth-order valence-corrected chi connectivity index (χ4v) is 5.54. The Balaban J connectivity index is 2.14. The highest BCUT2D eigenvalue weighted by Gasteiger charge is 2.37. The lowest BCUT2D eigenvalue weighted by Gasteiger charge is -2.35. The lowest BCUT2D eigenvalue weighted by molar-refractivity contribution is -0.140. The molecule has 250 valence electrons. The summed E-state index contributed by atoms with van der Waals surface area (Å²) in [6, 6.07) is 16.5. The number of ether oxygens (including phenoxy) is 1. The number of hydrogen-bond donors (Lipinski definition) is 3. The molecule has 0 radical (unpaired) electrons. The predicted molar refractivity (Wildman–Crippen MR) is 187 cm³/mol. The van der Waals surface area contributed by atoms with Crippen molar-refractivity contribution >= 4 is 35.2 Å². The zero-order valence-corrected chi connectivity index (χ0v) is 28.7. The molecular weight excluding hydrogens is 614 g/mol. The van der Waals surface area contributed by atoms with Gasteiger partial charge in [-0.1, -0.05) is 92.6 Å². The van der Waals surface area contributed by atoms with E-state index in [-0.39, 0.29) is 18.7 Å². The van der Waals surface area contributed by atoms with Crippen LogP contribution in [-0.4, -0.2) is 46.1 Å². The summed E-state index contributed by atoms with van der Waals surface area (Å²) in [5.74, 6) is 1.76. The van der Waals surface area contributed by atoms with Crippen LogP contribution in [0.4, 0.5) is 10.5 Å². The summed E-state index contributed by atoms with van der Waals surface area (Å²) in [5.41, 5.74) is 2.00. The zero-order valence-electron chi connectivity index (χ0n) is 27.9. The number of carbonyl (C=O) groups is 3. The molecule has 3 aromatic rings. The molecule has 2 atom stereocenters. The van der Waals surface area contributed by atoms with Crippen molar-refractivity contribution in [1.82, 2.24) is 10.2 Å². The molecule has 0 aromatic heterocycles. The number of phenolic OH excluding ortho intramolecular Hbond substituents is 1. The third-order valence-corrected chi connectivity index (χ3v) is 7.91. The highest BCUT2D eigenvalue weighted by molar-refractivity contribution is 6.34. The lowest BCUT2D eigenvalue weighted by atomic mass is 9.96. The molecule has 0 spiro atoms. The number of rotatable bonds is 14. The largest absolute Gasteiger partial charge is 0.508 e. The van der Waals surface area contributed by atoms with Crippen LogP contribution < -0.4 is 10.6 Å². The summed E-state index contributed by atoms with van der Waals surface area (Å²) in [4.78, 5) is 43.8. The van der Waals surface area contributed by atoms with Crippen molar-refractivity contribution in [2.45, 2.75) is 90.8 Å². The van der Waals surface area contributed by atoms with Crippen LogP contribution in [0.3, 0.4) is 0 Å². The van der Waals surface area contributed by atoms with Crippen LogP contribution in [0.1, 0.15) is 88.1 Å². The number of para-hydroxylation sites is 1. The summed E-state index contributed by atoms with van der Waals surface area (Å²) in [5, 5.41) is 15.9. The van der Waals surface area contributed by atoms with Gasteiger partial charge in [0, 0.05) is 18.5 Å². The SMILES string of the molecule is C#Cc1ccccc1C(C(=O)Nc1c(C)cccc1Cl)N(CCCCCCC)C(=O)C(Cc1ccc(O)cc1)NC(=O)OC(C)(C)C. The Morgan fingerprint density at radius 2 is 1.66 bits per heavy atom. The van der Waals surface area contributed by atoms with E-state index in [2.05, 4.69) is 23.5 Å². The van der Waals surface area contributed by atoms with Crippen LogP contribution in [-0.2, 0) is 20.7 Å². The average molecular weight is 660 g/mol. The van der Waals surface area contributed by atoms with E-state index >= 15 is 0 Å². The minimum Gasteiger partial charge on any atom is -0.508 e. The van der Waals surface area contributed by atoms with Gasteiger partial charge in [0.1, 0.15) is 23.4 Å². The number of alkyl carbamates (subject to hydrolysis) is 1. The van der Waals surface area contributed by atoms with Crippen LogP contribution in [0.5, 0.6) is 5.75 Å². The summed E-state index contributed by atoms with van der Waals surface area (Å²) in [6.07, 6.45) is 9.77. The van der Waals surface area contributed by atoms with Gasteiger partial charge >= 0.3 is 6.09 Å². The molecule has 0 aliphatic rings. The summed E-state index contributed by atoms with van der Waals surface area (Å²) in [6.45, 7) is 9.39. The van der Waals surface area contributed by atoms with Gasteiger partial charge in [0.25, 0.3) is 5.91 Å². The minimum atomic E-state index is -1.15. The quantitative estimate of drug-likeness (QED) is 0.120. The van der Waals surface area contributed by atoms with E-state index in [0.29, 0.717) is 33.8 Å². The highest BCUT2D eigenvalue weighted by atomic mass is 35.5. The molecule has 9 heteroatoms. The molecule has 3 aromatic carbocycles. The van der Waals surface area contributed by atoms with Crippen molar-refractivity contribution in [2.24, 2.45) is 0 Å². The second kappa shape index (κ2) is 17.4. The number of hydrogen-bond acceptors (Lipinski definition) is 5. The molecule has 2 unspecified atom stereocenters. The van der Waals surface area contributed by atoms with Crippen molar-refractivity contribution in [3.8, 4) is 18.1 Å². The van der Waals surface area contributed by atoms with Crippen molar-refractivity contribution in [1.29, 1.82) is 0 Å². The first-order valence-corrected chi connectivity index (χ1v) is 16.4. The Morgan fingerprint density at radius 3 is 2.30 bits per heavy atom. The number of anilines is 1. The van der Waals surface area contributed by atoms with Gasteiger partial charge in [0.2, 0.25) is 5.91 Å². The maximum Gasteiger partial charge on any atom is 0.408 e. The molecule has 47 heavy (non-hydrogen) atoms. The van der Waals surface area contributed by atoms with Crippen LogP contribution in [0, 0.1) is 19.3 Å². The van der Waals surface area contributed by atoms with Gasteiger partial charge in [-0.15, -0.1) is 6.42 Å². The number of nitrogens with one attached hydrogen (secondary N) is 2. The number of unbranched alkanes of at least 4 members (excludes halogenated alkanes) is 4. The lowest BCUT2D eigenvalue weighted by Crippen LogP contribution is -2.53. The number of terminal acetylenes is 1. The van der Waals surface area contributed by atoms with Gasteiger partial charge in [0.05, 0.1) is 10.7 Å². The van der Waals surface area contributed by atoms with Crippen molar-refractivity contribution in [3.63, 3.8) is 0 Å². The van der Waals surface area contributed by atoms with Gasteiger partial charge in [0.15, 0.2) is 0 Å². The first kappa shape index (κ1) is 37.0. The van der Waals surface area contributed by atoms with Gasteiger partial charge in [-0.2, -0.15) is 0 Å². The molecule has 0 saturated carbocycles. The van der Waals surface area contributed by atoms with E-state index in [4.69, 9.17) is 22.8 Å². The predicted octanol–water partition coefficient (Wildman–Crippen LogP) is 7.95. The van der Waals surface area contributed by atoms with Crippen molar-refractivity contribution in [2.75, 3.05) is 11.9 Å². The molecule has 0 aliphatic carbocycles. The molecule has 0 saturated heterocycles. The summed E-state index contributed by atoms with van der Waals surface area (Å²) >= 11 is 6.51. The third kappa shape index (κ3) is 11.1. The fraction of sp³-hybridized carbons (Fsp3) is 0.395.